The molecule has 1 aromatic rings. The zero-order valence-corrected chi connectivity index (χ0v) is 9.47. The number of Topliss-reactive ketones (excluding diaryl/α,β-unsaturated/α-hetero) is 1. The highest BCUT2D eigenvalue weighted by Gasteiger charge is 2.35. The Morgan fingerprint density at radius 2 is 2.00 bits per heavy atom. The van der Waals surface area contributed by atoms with E-state index in [1.807, 2.05) is 0 Å². The van der Waals surface area contributed by atoms with Gasteiger partial charge in [-0.1, -0.05) is 13.0 Å². The minimum atomic E-state index is -2.13. The average Bonchev–Trinajstić information content (AvgIpc) is 2.17. The summed E-state index contributed by atoms with van der Waals surface area (Å²) in [5.41, 5.74) is -2.42. The van der Waals surface area contributed by atoms with E-state index in [1.54, 1.807) is 6.92 Å². The summed E-state index contributed by atoms with van der Waals surface area (Å²) in [6.07, 6.45) is 0.368. The Hall–Kier alpha value is -1.29. The molecule has 1 rings (SSSR count). The molecule has 0 heterocycles. The first-order valence-electron chi connectivity index (χ1n) is 5.03. The second kappa shape index (κ2) is 4.29. The number of aliphatic hydroxyl groups is 1. The van der Waals surface area contributed by atoms with Crippen molar-refractivity contribution < 1.29 is 18.7 Å². The predicted octanol–water partition coefficient (Wildman–Crippen LogP) is 2.32. The highest BCUT2D eigenvalue weighted by molar-refractivity contribution is 5.85. The van der Waals surface area contributed by atoms with E-state index in [4.69, 9.17) is 0 Å². The van der Waals surface area contributed by atoms with Crippen LogP contribution >= 0.6 is 0 Å². The Labute approximate surface area is 92.9 Å². The Morgan fingerprint density at radius 1 is 1.44 bits per heavy atom. The topological polar surface area (TPSA) is 37.3 Å². The molecule has 1 N–H and O–H groups in total. The van der Waals surface area contributed by atoms with Crippen LogP contribution in [0.5, 0.6) is 0 Å². The number of aryl methyl sites for hydroxylation is 1. The van der Waals surface area contributed by atoms with Crippen molar-refractivity contribution in [1.29, 1.82) is 0 Å². The number of rotatable bonds is 3. The first-order valence-corrected chi connectivity index (χ1v) is 5.03. The fourth-order valence-electron chi connectivity index (χ4n) is 1.49. The standard InChI is InChI=1S/C12H14F2O2/c1-4-8-5-6-9(13)10(11(8)14)12(3,16)7(2)15/h5-6,16H,4H2,1-3H3. The molecular weight excluding hydrogens is 214 g/mol. The summed E-state index contributed by atoms with van der Waals surface area (Å²) in [7, 11) is 0. The van der Waals surface area contributed by atoms with Gasteiger partial charge in [0, 0.05) is 0 Å². The van der Waals surface area contributed by atoms with Gasteiger partial charge in [-0.3, -0.25) is 4.79 Å². The van der Waals surface area contributed by atoms with Crippen molar-refractivity contribution in [3.05, 3.63) is 34.9 Å². The van der Waals surface area contributed by atoms with E-state index >= 15 is 0 Å². The van der Waals surface area contributed by atoms with Gasteiger partial charge >= 0.3 is 0 Å². The number of carbonyl (C=O) groups is 1. The third kappa shape index (κ3) is 1.97. The van der Waals surface area contributed by atoms with Gasteiger partial charge in [0.05, 0.1) is 5.56 Å². The van der Waals surface area contributed by atoms with Gasteiger partial charge in [-0.2, -0.15) is 0 Å². The SMILES string of the molecule is CCc1ccc(F)c(C(C)(O)C(C)=O)c1F. The second-order valence-electron chi connectivity index (χ2n) is 3.88. The number of halogens is 2. The summed E-state index contributed by atoms with van der Waals surface area (Å²) in [6, 6.07) is 2.37. The molecule has 0 aliphatic carbocycles. The molecule has 0 radical (unpaired) electrons. The molecule has 0 aliphatic heterocycles. The van der Waals surface area contributed by atoms with E-state index in [9.17, 15) is 18.7 Å². The zero-order valence-electron chi connectivity index (χ0n) is 9.47. The van der Waals surface area contributed by atoms with Gasteiger partial charge in [0.1, 0.15) is 11.6 Å². The first kappa shape index (κ1) is 12.8. The van der Waals surface area contributed by atoms with Gasteiger partial charge in [-0.25, -0.2) is 8.78 Å². The Morgan fingerprint density at radius 3 is 2.44 bits per heavy atom. The van der Waals surface area contributed by atoms with Gasteiger partial charge < -0.3 is 5.11 Å². The van der Waals surface area contributed by atoms with Crippen molar-refractivity contribution >= 4 is 5.78 Å². The van der Waals surface area contributed by atoms with Crippen LogP contribution in [0.1, 0.15) is 31.9 Å². The molecule has 0 bridgehead atoms. The van der Waals surface area contributed by atoms with Crippen LogP contribution in [0.15, 0.2) is 12.1 Å². The molecule has 0 aliphatic rings. The molecule has 1 aromatic carbocycles. The molecule has 2 nitrogen and oxygen atoms in total. The van der Waals surface area contributed by atoms with E-state index in [-0.39, 0.29) is 5.56 Å². The lowest BCUT2D eigenvalue weighted by atomic mass is 9.89. The zero-order chi connectivity index (χ0) is 12.5. The van der Waals surface area contributed by atoms with Crippen LogP contribution in [0.4, 0.5) is 8.78 Å². The van der Waals surface area contributed by atoms with Crippen molar-refractivity contribution in [2.24, 2.45) is 0 Å². The maximum atomic E-state index is 13.8. The lowest BCUT2D eigenvalue weighted by Crippen LogP contribution is -2.32. The normalized spacial score (nSPS) is 14.6. The maximum absolute atomic E-state index is 13.8. The van der Waals surface area contributed by atoms with Crippen molar-refractivity contribution in [2.45, 2.75) is 32.8 Å². The molecule has 88 valence electrons. The molecule has 0 saturated carbocycles. The van der Waals surface area contributed by atoms with E-state index in [2.05, 4.69) is 0 Å². The quantitative estimate of drug-likeness (QED) is 0.862. The van der Waals surface area contributed by atoms with Gasteiger partial charge in [-0.15, -0.1) is 0 Å². The summed E-state index contributed by atoms with van der Waals surface area (Å²) >= 11 is 0. The van der Waals surface area contributed by atoms with E-state index in [1.165, 1.54) is 6.07 Å². The van der Waals surface area contributed by atoms with Crippen LogP contribution in [0.25, 0.3) is 0 Å². The highest BCUT2D eigenvalue weighted by Crippen LogP contribution is 2.29. The number of ketones is 1. The van der Waals surface area contributed by atoms with Crippen LogP contribution in [-0.2, 0) is 16.8 Å². The van der Waals surface area contributed by atoms with Gasteiger partial charge in [-0.05, 0) is 31.9 Å². The molecule has 0 spiro atoms. The first-order chi connectivity index (χ1) is 7.32. The van der Waals surface area contributed by atoms with Gasteiger partial charge in [0.2, 0.25) is 0 Å². The average molecular weight is 228 g/mol. The van der Waals surface area contributed by atoms with Crippen molar-refractivity contribution in [3.63, 3.8) is 0 Å². The smallest absolute Gasteiger partial charge is 0.165 e. The monoisotopic (exact) mass is 228 g/mol. The number of benzene rings is 1. The Balaban J connectivity index is 3.49. The predicted molar refractivity (Wildman–Crippen MR) is 56.0 cm³/mol. The molecule has 0 aromatic heterocycles. The molecule has 16 heavy (non-hydrogen) atoms. The lowest BCUT2D eigenvalue weighted by Gasteiger charge is -2.22. The fourth-order valence-corrected chi connectivity index (χ4v) is 1.49. The molecule has 4 heteroatoms. The van der Waals surface area contributed by atoms with E-state index in [0.717, 1.165) is 19.9 Å². The largest absolute Gasteiger partial charge is 0.377 e. The summed E-state index contributed by atoms with van der Waals surface area (Å²) in [6.45, 7) is 3.90. The van der Waals surface area contributed by atoms with Crippen LogP contribution in [0.2, 0.25) is 0 Å². The summed E-state index contributed by atoms with van der Waals surface area (Å²) in [5.74, 6) is -2.45. The maximum Gasteiger partial charge on any atom is 0.165 e. The molecular formula is C12H14F2O2. The molecule has 1 atom stereocenters. The molecule has 0 fully saturated rings. The third-order valence-electron chi connectivity index (χ3n) is 2.72. The fraction of sp³-hybridized carbons (Fsp3) is 0.417. The molecule has 0 amide bonds. The highest BCUT2D eigenvalue weighted by atomic mass is 19.1. The van der Waals surface area contributed by atoms with Crippen LogP contribution in [0, 0.1) is 11.6 Å². The van der Waals surface area contributed by atoms with Crippen molar-refractivity contribution in [1.82, 2.24) is 0 Å². The summed E-state index contributed by atoms with van der Waals surface area (Å²) in [5, 5.41) is 9.82. The summed E-state index contributed by atoms with van der Waals surface area (Å²) in [4.78, 5) is 11.2. The second-order valence-corrected chi connectivity index (χ2v) is 3.88. The number of hydrogen-bond donors (Lipinski definition) is 1. The van der Waals surface area contributed by atoms with Gasteiger partial charge in [0.15, 0.2) is 11.4 Å². The van der Waals surface area contributed by atoms with E-state index < -0.39 is 28.6 Å². The minimum absolute atomic E-state index is 0.276. The van der Waals surface area contributed by atoms with Gasteiger partial charge in [0.25, 0.3) is 0 Å². The minimum Gasteiger partial charge on any atom is -0.377 e. The number of hydrogen-bond acceptors (Lipinski definition) is 2. The molecule has 0 saturated heterocycles. The lowest BCUT2D eigenvalue weighted by molar-refractivity contribution is -0.134. The Bertz CT molecular complexity index is 425. The Kier molecular flexibility index (Phi) is 3.43. The number of carbonyl (C=O) groups excluding carboxylic acids is 1. The van der Waals surface area contributed by atoms with Crippen LogP contribution < -0.4 is 0 Å². The molecule has 1 unspecified atom stereocenters. The third-order valence-corrected chi connectivity index (χ3v) is 2.72. The summed E-state index contributed by atoms with van der Waals surface area (Å²) < 4.78 is 27.3. The van der Waals surface area contributed by atoms with Crippen molar-refractivity contribution in [3.8, 4) is 0 Å². The van der Waals surface area contributed by atoms with Crippen molar-refractivity contribution in [2.75, 3.05) is 0 Å². The van der Waals surface area contributed by atoms with Crippen LogP contribution in [-0.4, -0.2) is 10.9 Å². The van der Waals surface area contributed by atoms with E-state index in [0.29, 0.717) is 6.42 Å². The van der Waals surface area contributed by atoms with Crippen LogP contribution in [0.3, 0.4) is 0 Å².